The lowest BCUT2D eigenvalue weighted by atomic mass is 10.0. The average molecular weight is 1440 g/mol. The van der Waals surface area contributed by atoms with Crippen molar-refractivity contribution in [1.82, 2.24) is 21.3 Å². The maximum absolute atomic E-state index is 13.3. The molecule has 5 N–H and O–H groups in total. The van der Waals surface area contributed by atoms with Crippen molar-refractivity contribution < 1.29 is 51.9 Å². The minimum absolute atomic E-state index is 0.00212. The lowest BCUT2D eigenvalue weighted by Gasteiger charge is -2.23. The molecule has 15 nitrogen and oxygen atoms in total. The van der Waals surface area contributed by atoms with E-state index in [-0.39, 0.29) is 74.8 Å². The summed E-state index contributed by atoms with van der Waals surface area (Å²) >= 11 is 0. The van der Waals surface area contributed by atoms with Crippen LogP contribution in [0.15, 0.2) is 12.7 Å². The first-order valence-corrected chi connectivity index (χ1v) is 44.4. The Morgan fingerprint density at radius 3 is 0.850 bits per heavy atom. The van der Waals surface area contributed by atoms with Crippen molar-refractivity contribution in [2.24, 2.45) is 0 Å². The second-order valence-corrected chi connectivity index (χ2v) is 30.9. The van der Waals surface area contributed by atoms with E-state index in [1.807, 2.05) is 6.92 Å². The van der Waals surface area contributed by atoms with Gasteiger partial charge in [0.1, 0.15) is 0 Å². The highest BCUT2D eigenvalue weighted by atomic mass is 31.2. The fraction of sp³-hybridized carbons (Fsp3) is 0.929. The molecule has 0 fully saturated rings. The van der Waals surface area contributed by atoms with Crippen molar-refractivity contribution in [2.45, 2.75) is 451 Å². The van der Waals surface area contributed by atoms with E-state index in [1.165, 1.54) is 250 Å². The van der Waals surface area contributed by atoms with Gasteiger partial charge >= 0.3 is 7.82 Å². The Morgan fingerprint density at radius 1 is 0.310 bits per heavy atom. The molecule has 0 saturated carbocycles. The van der Waals surface area contributed by atoms with E-state index >= 15 is 0 Å². The van der Waals surface area contributed by atoms with Gasteiger partial charge in [0.05, 0.1) is 51.7 Å². The summed E-state index contributed by atoms with van der Waals surface area (Å²) in [4.78, 5) is 51.0. The van der Waals surface area contributed by atoms with E-state index in [9.17, 15) is 28.8 Å². The number of hydrogen-bond donors (Lipinski definition) is 5. The number of nitrogens with one attached hydrogen (secondary N) is 4. The van der Waals surface area contributed by atoms with Crippen LogP contribution < -0.4 is 21.3 Å². The van der Waals surface area contributed by atoms with Gasteiger partial charge in [-0.05, 0) is 57.8 Å². The molecule has 0 saturated heterocycles. The molecule has 0 aromatic heterocycles. The normalized spacial score (nSPS) is 13.2. The number of amides is 4. The van der Waals surface area contributed by atoms with Gasteiger partial charge in [-0.1, -0.05) is 350 Å². The van der Waals surface area contributed by atoms with E-state index in [0.717, 1.165) is 96.3 Å². The van der Waals surface area contributed by atoms with Crippen LogP contribution in [0.1, 0.15) is 427 Å². The monoisotopic (exact) mass is 1440 g/mol. The van der Waals surface area contributed by atoms with Gasteiger partial charge in [0.15, 0.2) is 0 Å². The summed E-state index contributed by atoms with van der Waals surface area (Å²) in [5, 5.41) is 22.4. The maximum Gasteiger partial charge on any atom is 0.475 e. The van der Waals surface area contributed by atoms with Crippen LogP contribution in [0.4, 0.5) is 0 Å². The average Bonchev–Trinajstić information content (AvgIpc) is 0.920. The summed E-state index contributed by atoms with van der Waals surface area (Å²) in [6, 6.07) is -0.729. The number of hydrogen-bond acceptors (Lipinski definition) is 11. The summed E-state index contributed by atoms with van der Waals surface area (Å²) in [5.74, 6) is 0.227. The molecule has 0 aliphatic carbocycles. The lowest BCUT2D eigenvalue weighted by molar-refractivity contribution is -0.123. The first kappa shape index (κ1) is 99.7. The molecule has 1 unspecified atom stereocenters. The van der Waals surface area contributed by atoms with Gasteiger partial charge in [-0.25, -0.2) is 4.57 Å². The number of phosphoric ester groups is 1. The van der Waals surface area contributed by atoms with E-state index in [4.69, 9.17) is 23.0 Å². The molecule has 0 heterocycles. The van der Waals surface area contributed by atoms with E-state index in [2.05, 4.69) is 69.4 Å². The third-order valence-electron chi connectivity index (χ3n) is 19.1. The number of ether oxygens (including phenoxy) is 2. The smallest absolute Gasteiger partial charge is 0.394 e. The number of aliphatic hydroxyl groups excluding tert-OH is 1. The van der Waals surface area contributed by atoms with Crippen LogP contribution in [0.3, 0.4) is 0 Å². The minimum Gasteiger partial charge on any atom is -0.394 e. The van der Waals surface area contributed by atoms with Crippen LogP contribution in [0.2, 0.25) is 0 Å². The second-order valence-electron chi connectivity index (χ2n) is 29.3. The van der Waals surface area contributed by atoms with Gasteiger partial charge in [-0.15, -0.1) is 6.58 Å². The maximum atomic E-state index is 13.3. The molecule has 0 spiro atoms. The molecule has 0 aliphatic rings. The highest BCUT2D eigenvalue weighted by molar-refractivity contribution is 7.48. The highest BCUT2D eigenvalue weighted by Gasteiger charge is 2.29. The minimum atomic E-state index is -3.84. The first-order valence-electron chi connectivity index (χ1n) is 43.0. The first-order chi connectivity index (χ1) is 48.9. The Morgan fingerprint density at radius 2 is 0.570 bits per heavy atom. The topological polar surface area (TPSA) is 200 Å². The predicted molar refractivity (Wildman–Crippen MR) is 424 cm³/mol. The van der Waals surface area contributed by atoms with Gasteiger partial charge in [-0.2, -0.15) is 0 Å². The molecule has 100 heavy (non-hydrogen) atoms. The Hall–Kier alpha value is -2.39. The van der Waals surface area contributed by atoms with Crippen LogP contribution in [0.5, 0.6) is 0 Å². The summed E-state index contributed by atoms with van der Waals surface area (Å²) in [6.45, 7) is 20.5. The fourth-order valence-corrected chi connectivity index (χ4v) is 14.0. The Kier molecular flexibility index (Phi) is 80.4. The third-order valence-corrected chi connectivity index (χ3v) is 20.5. The van der Waals surface area contributed by atoms with Crippen molar-refractivity contribution in [2.75, 3.05) is 52.9 Å². The summed E-state index contributed by atoms with van der Waals surface area (Å²) < 4.78 is 41.9. The molecule has 0 aromatic carbocycles. The Bertz CT molecular complexity index is 1800. The highest BCUT2D eigenvalue weighted by Crippen LogP contribution is 2.49. The lowest BCUT2D eigenvalue weighted by Crippen LogP contribution is -2.42. The number of carbonyl (C=O) groups excluding carboxylic acids is 4. The molecule has 16 heteroatoms. The van der Waals surface area contributed by atoms with Gasteiger partial charge in [-0.3, -0.25) is 32.7 Å². The van der Waals surface area contributed by atoms with E-state index in [0.29, 0.717) is 58.3 Å². The number of phosphoric acid groups is 1. The van der Waals surface area contributed by atoms with Gasteiger partial charge in [0.2, 0.25) is 23.6 Å². The zero-order valence-electron chi connectivity index (χ0n) is 66.9. The van der Waals surface area contributed by atoms with E-state index < -0.39 is 13.9 Å². The van der Waals surface area contributed by atoms with Crippen LogP contribution >= 0.6 is 7.82 Å². The molecule has 4 amide bonds. The summed E-state index contributed by atoms with van der Waals surface area (Å²) in [6.07, 6.45) is 69.4. The van der Waals surface area contributed by atoms with Gasteiger partial charge in [0.25, 0.3) is 0 Å². The Labute approximate surface area is 618 Å². The second kappa shape index (κ2) is 80.7. The Balaban J connectivity index is 0. The molecule has 0 rings (SSSR count). The molecular weight excluding hydrogens is 1270 g/mol. The van der Waals surface area contributed by atoms with Crippen LogP contribution in [0.25, 0.3) is 0 Å². The molecule has 0 aliphatic heterocycles. The van der Waals surface area contributed by atoms with Crippen LogP contribution in [0, 0.1) is 0 Å². The standard InChI is InChI=1S/C45H89N2O7P.C39H78N2O4/c1-6-11-14-17-19-21-22-24-26-29-32-35-45(49)47-43(41-54-55(50,52-37-9-4)53-38-10-5)40-51-39-36-42(33-30-27-16-13-8-3)46-44(48)34-31-28-25-23-20-18-15-12-7-2;1-4-7-10-13-15-17-18-20-22-25-28-31-39(44)41-37(34-42)35-45-33-32-36(29-26-23-12-9-6-3)40-38(43)30-27-24-21-19-16-14-11-8-5-2/h9,42-43H,4,6-8,10-41H2,1-3,5H3,(H,46,48)(H,47,49);36-37,42H,4-35H2,1-3H3,(H,40,43)(H,41,44)/t42-,43+,55?;36-,37-/m00/s1. The van der Waals surface area contributed by atoms with Gasteiger partial charge < -0.3 is 35.8 Å². The third kappa shape index (κ3) is 73.9. The van der Waals surface area contributed by atoms with Gasteiger partial charge in [0, 0.05) is 51.0 Å². The number of carbonyl (C=O) groups is 4. The molecule has 5 atom stereocenters. The fourth-order valence-electron chi connectivity index (χ4n) is 12.7. The van der Waals surface area contributed by atoms with Crippen molar-refractivity contribution in [3.63, 3.8) is 0 Å². The van der Waals surface area contributed by atoms with E-state index in [1.54, 1.807) is 0 Å². The number of rotatable bonds is 80. The van der Waals surface area contributed by atoms with Crippen molar-refractivity contribution in [3.05, 3.63) is 12.7 Å². The molecule has 0 bridgehead atoms. The predicted octanol–water partition coefficient (Wildman–Crippen LogP) is 23.4. The quantitative estimate of drug-likeness (QED) is 0.0220. The number of aliphatic hydroxyl groups is 1. The van der Waals surface area contributed by atoms with Crippen molar-refractivity contribution in [3.8, 4) is 0 Å². The largest absolute Gasteiger partial charge is 0.475 e. The molecule has 0 aromatic rings. The van der Waals surface area contributed by atoms with Crippen molar-refractivity contribution >= 4 is 31.5 Å². The molecular formula is C84H167N4O11P. The van der Waals surface area contributed by atoms with Crippen molar-refractivity contribution in [1.29, 1.82) is 0 Å². The number of unbranched alkanes of at least 4 members (excludes halogenated alkanes) is 44. The zero-order chi connectivity index (χ0) is 73.6. The van der Waals surface area contributed by atoms with Crippen LogP contribution in [-0.4, -0.2) is 106 Å². The molecule has 594 valence electrons. The molecule has 0 radical (unpaired) electrons. The zero-order valence-corrected chi connectivity index (χ0v) is 67.8. The SMILES string of the molecule is C=CCOP(=O)(OCCC)OC[C@@H](COCC[C@H](CCCCCCC)NC(=O)CCCCCCCCCCC)NC(=O)CCCCCCCCCCCCC.CCCCCCCCCCCCCC(=O)N[C@@H](CO)COCC[C@H](CCCCCCC)NC(=O)CCCCCCCCCCC. The summed E-state index contributed by atoms with van der Waals surface area (Å²) in [5.41, 5.74) is 0. The van der Waals surface area contributed by atoms with Crippen LogP contribution in [-0.2, 0) is 46.8 Å². The summed E-state index contributed by atoms with van der Waals surface area (Å²) in [7, 11) is -3.84.